The number of nitrogens with zero attached hydrogens (tertiary/aromatic N) is 6. The van der Waals surface area contributed by atoms with Gasteiger partial charge in [0.15, 0.2) is 5.65 Å². The molecule has 0 N–H and O–H groups in total. The van der Waals surface area contributed by atoms with Gasteiger partial charge in [-0.2, -0.15) is 5.10 Å². The first-order valence-electron chi connectivity index (χ1n) is 10.9. The van der Waals surface area contributed by atoms with E-state index in [9.17, 15) is 0 Å². The van der Waals surface area contributed by atoms with Crippen LogP contribution in [0.15, 0.2) is 61.2 Å². The minimum atomic E-state index is 0.195. The van der Waals surface area contributed by atoms with Crippen LogP contribution in [-0.2, 0) is 11.2 Å². The lowest BCUT2D eigenvalue weighted by atomic mass is 9.93. The Balaban J connectivity index is 1.38. The quantitative estimate of drug-likeness (QED) is 0.433. The number of pyridine rings is 1. The summed E-state index contributed by atoms with van der Waals surface area (Å²) in [5, 5.41) is 5.78. The maximum Gasteiger partial charge on any atom is 0.166 e. The third-order valence-corrected chi connectivity index (χ3v) is 6.43. The molecule has 7 heteroatoms. The lowest BCUT2D eigenvalue weighted by Crippen LogP contribution is -2.20. The molecule has 0 aliphatic carbocycles. The Hall–Kier alpha value is -3.58. The zero-order chi connectivity index (χ0) is 21.7. The van der Waals surface area contributed by atoms with Gasteiger partial charge in [-0.3, -0.25) is 4.98 Å². The highest BCUT2D eigenvalue weighted by atomic mass is 16.5. The normalized spacial score (nSPS) is 18.7. The molecule has 5 aromatic rings. The van der Waals surface area contributed by atoms with Crippen LogP contribution in [0.2, 0.25) is 0 Å². The smallest absolute Gasteiger partial charge is 0.166 e. The van der Waals surface area contributed by atoms with Crippen LogP contribution in [-0.4, -0.2) is 42.3 Å². The van der Waals surface area contributed by atoms with E-state index in [4.69, 9.17) is 14.7 Å². The van der Waals surface area contributed by atoms with E-state index in [1.54, 1.807) is 0 Å². The highest BCUT2D eigenvalue weighted by Gasteiger charge is 2.32. The summed E-state index contributed by atoms with van der Waals surface area (Å²) in [5.41, 5.74) is 6.16. The summed E-state index contributed by atoms with van der Waals surface area (Å²) in [6.45, 7) is 5.45. The summed E-state index contributed by atoms with van der Waals surface area (Å²) >= 11 is 0. The average Bonchev–Trinajstić information content (AvgIpc) is 3.53. The molecule has 1 fully saturated rings. The molecule has 1 aliphatic rings. The number of para-hydroxylation sites is 1. The van der Waals surface area contributed by atoms with Gasteiger partial charge in [-0.1, -0.05) is 18.2 Å². The molecule has 0 bridgehead atoms. The SMILES string of the molecule is Cc1cc(C)n2ncc(-c3nccn3[C@@H]3COC[C@@H]3Cc3ccnc4ccccc34)c2n1. The minimum Gasteiger partial charge on any atom is -0.379 e. The zero-order valence-corrected chi connectivity index (χ0v) is 18.1. The molecular weight excluding hydrogens is 400 g/mol. The Kier molecular flexibility index (Phi) is 4.50. The van der Waals surface area contributed by atoms with Crippen LogP contribution in [0.25, 0.3) is 27.9 Å². The van der Waals surface area contributed by atoms with Gasteiger partial charge < -0.3 is 9.30 Å². The van der Waals surface area contributed by atoms with E-state index in [0.29, 0.717) is 12.5 Å². The van der Waals surface area contributed by atoms with Crippen LogP contribution >= 0.6 is 0 Å². The molecule has 0 spiro atoms. The summed E-state index contributed by atoms with van der Waals surface area (Å²) in [6.07, 6.45) is 8.61. The van der Waals surface area contributed by atoms with E-state index in [1.165, 1.54) is 10.9 Å². The van der Waals surface area contributed by atoms with Crippen molar-refractivity contribution in [1.29, 1.82) is 0 Å². The van der Waals surface area contributed by atoms with E-state index in [0.717, 1.165) is 47.0 Å². The molecule has 0 radical (unpaired) electrons. The third-order valence-electron chi connectivity index (χ3n) is 6.43. The summed E-state index contributed by atoms with van der Waals surface area (Å²) in [5.74, 6) is 1.23. The van der Waals surface area contributed by atoms with Gasteiger partial charge in [0.2, 0.25) is 0 Å². The molecule has 5 heterocycles. The number of fused-ring (bicyclic) bond motifs is 2. The molecule has 0 saturated carbocycles. The van der Waals surface area contributed by atoms with Gasteiger partial charge in [-0.05, 0) is 44.0 Å². The first-order chi connectivity index (χ1) is 15.7. The molecule has 1 aromatic carbocycles. The monoisotopic (exact) mass is 424 g/mol. The van der Waals surface area contributed by atoms with Crippen LogP contribution in [0.1, 0.15) is 23.0 Å². The number of hydrogen-bond acceptors (Lipinski definition) is 5. The van der Waals surface area contributed by atoms with Crippen LogP contribution in [0.5, 0.6) is 0 Å². The summed E-state index contributed by atoms with van der Waals surface area (Å²) in [4.78, 5) is 14.0. The molecule has 0 unspecified atom stereocenters. The molecule has 7 nitrogen and oxygen atoms in total. The second kappa shape index (κ2) is 7.53. The largest absolute Gasteiger partial charge is 0.379 e. The highest BCUT2D eigenvalue weighted by molar-refractivity contribution is 5.81. The van der Waals surface area contributed by atoms with Crippen molar-refractivity contribution >= 4 is 16.6 Å². The van der Waals surface area contributed by atoms with Crippen molar-refractivity contribution in [1.82, 2.24) is 29.1 Å². The van der Waals surface area contributed by atoms with Gasteiger partial charge in [0.25, 0.3) is 0 Å². The minimum absolute atomic E-state index is 0.195. The number of aryl methyl sites for hydroxylation is 2. The van der Waals surface area contributed by atoms with Crippen LogP contribution in [0.3, 0.4) is 0 Å². The highest BCUT2D eigenvalue weighted by Crippen LogP contribution is 2.34. The average molecular weight is 425 g/mol. The molecule has 4 aromatic heterocycles. The van der Waals surface area contributed by atoms with E-state index >= 15 is 0 Å². The van der Waals surface area contributed by atoms with Gasteiger partial charge in [0.05, 0.1) is 36.5 Å². The molecular formula is C25H24N6O. The van der Waals surface area contributed by atoms with Crippen molar-refractivity contribution < 1.29 is 4.74 Å². The Morgan fingerprint density at radius 2 is 1.97 bits per heavy atom. The van der Waals surface area contributed by atoms with Crippen molar-refractivity contribution in [2.45, 2.75) is 26.3 Å². The van der Waals surface area contributed by atoms with Gasteiger partial charge in [-0.25, -0.2) is 14.5 Å². The molecule has 0 amide bonds. The fraction of sp³-hybridized carbons (Fsp3) is 0.280. The van der Waals surface area contributed by atoms with Crippen LogP contribution in [0.4, 0.5) is 0 Å². The van der Waals surface area contributed by atoms with Gasteiger partial charge in [-0.15, -0.1) is 0 Å². The van der Waals surface area contributed by atoms with Gasteiger partial charge in [0.1, 0.15) is 5.82 Å². The predicted octanol–water partition coefficient (Wildman–Crippen LogP) is 4.19. The zero-order valence-electron chi connectivity index (χ0n) is 18.1. The maximum atomic E-state index is 5.98. The predicted molar refractivity (Wildman–Crippen MR) is 122 cm³/mol. The molecule has 160 valence electrons. The third kappa shape index (κ3) is 3.08. The van der Waals surface area contributed by atoms with Crippen molar-refractivity contribution in [2.24, 2.45) is 5.92 Å². The van der Waals surface area contributed by atoms with E-state index < -0.39 is 0 Å². The lowest BCUT2D eigenvalue weighted by molar-refractivity contribution is 0.181. The standard InChI is InChI=1S/C25H24N6O/c1-16-11-17(2)31-25(29-16)21(13-28-31)24-27-9-10-30(24)23-15-32-14-19(23)12-18-7-8-26-22-6-4-3-5-20(18)22/h3-11,13,19,23H,12,14-15H2,1-2H3/t19-,23+/m0/s1. The topological polar surface area (TPSA) is 70.1 Å². The summed E-state index contributed by atoms with van der Waals surface area (Å²) in [7, 11) is 0. The Morgan fingerprint density at radius 3 is 2.91 bits per heavy atom. The van der Waals surface area contributed by atoms with Crippen LogP contribution < -0.4 is 0 Å². The van der Waals surface area contributed by atoms with E-state index in [-0.39, 0.29) is 6.04 Å². The molecule has 6 rings (SSSR count). The fourth-order valence-corrected chi connectivity index (χ4v) is 4.92. The van der Waals surface area contributed by atoms with Crippen molar-refractivity contribution in [2.75, 3.05) is 13.2 Å². The summed E-state index contributed by atoms with van der Waals surface area (Å²) < 4.78 is 10.1. The lowest BCUT2D eigenvalue weighted by Gasteiger charge is -2.21. The Bertz CT molecular complexity index is 1430. The number of benzene rings is 1. The van der Waals surface area contributed by atoms with E-state index in [2.05, 4.69) is 45.1 Å². The number of hydrogen-bond donors (Lipinski definition) is 0. The van der Waals surface area contributed by atoms with Crippen molar-refractivity contribution in [3.63, 3.8) is 0 Å². The molecule has 1 aliphatic heterocycles. The number of aromatic nitrogens is 6. The van der Waals surface area contributed by atoms with Crippen LogP contribution in [0, 0.1) is 19.8 Å². The second-order valence-electron chi connectivity index (χ2n) is 8.55. The molecule has 32 heavy (non-hydrogen) atoms. The first-order valence-corrected chi connectivity index (χ1v) is 10.9. The number of imidazole rings is 1. The number of ether oxygens (including phenoxy) is 1. The van der Waals surface area contributed by atoms with Gasteiger partial charge >= 0.3 is 0 Å². The number of rotatable bonds is 4. The fourth-order valence-electron chi connectivity index (χ4n) is 4.92. The summed E-state index contributed by atoms with van der Waals surface area (Å²) in [6, 6.07) is 12.7. The Morgan fingerprint density at radius 1 is 1.06 bits per heavy atom. The first kappa shape index (κ1) is 19.1. The molecule has 1 saturated heterocycles. The Labute approximate surface area is 185 Å². The van der Waals surface area contributed by atoms with E-state index in [1.807, 2.05) is 49.1 Å². The molecule has 2 atom stereocenters. The maximum absolute atomic E-state index is 5.98. The van der Waals surface area contributed by atoms with Gasteiger partial charge in [0, 0.05) is 41.3 Å². The van der Waals surface area contributed by atoms with Crippen molar-refractivity contribution in [3.8, 4) is 11.4 Å². The van der Waals surface area contributed by atoms with Crippen molar-refractivity contribution in [3.05, 3.63) is 78.1 Å². The second-order valence-corrected chi connectivity index (χ2v) is 8.55.